The Hall–Kier alpha value is -2.16. The summed E-state index contributed by atoms with van der Waals surface area (Å²) in [4.78, 5) is 29.2. The molecule has 1 saturated heterocycles. The third kappa shape index (κ3) is 3.76. The Bertz CT molecular complexity index is 812. The molecule has 1 unspecified atom stereocenters. The van der Waals surface area contributed by atoms with Crippen molar-refractivity contribution in [3.63, 3.8) is 0 Å². The van der Waals surface area contributed by atoms with Crippen LogP contribution in [0.25, 0.3) is 0 Å². The molecule has 1 atom stereocenters. The maximum atomic E-state index is 12.6. The van der Waals surface area contributed by atoms with Gasteiger partial charge in [0, 0.05) is 19.1 Å². The minimum Gasteiger partial charge on any atom is -0.347 e. The lowest BCUT2D eigenvalue weighted by Crippen LogP contribution is -2.36. The van der Waals surface area contributed by atoms with E-state index < -0.39 is 21.8 Å². The number of carbonyl (C=O) groups excluding carboxylic acids is 2. The second kappa shape index (κ2) is 6.99. The standard InChI is InChI=1S/C16H22N4O4S/c1-2-7-17-16(22)14-19-13(12-5-3-4-8-20(12)14)15(21)18-11-6-9-25(23,24)10-11/h2,11H,1,3-10H2,(H,17,22)(H,18,21). The molecule has 0 spiro atoms. The predicted octanol–water partition coefficient (Wildman–Crippen LogP) is 0.0521. The van der Waals surface area contributed by atoms with Gasteiger partial charge in [0.25, 0.3) is 11.8 Å². The monoisotopic (exact) mass is 366 g/mol. The van der Waals surface area contributed by atoms with Crippen LogP contribution in [0.4, 0.5) is 0 Å². The van der Waals surface area contributed by atoms with Gasteiger partial charge in [-0.05, 0) is 25.7 Å². The Morgan fingerprint density at radius 3 is 2.80 bits per heavy atom. The predicted molar refractivity (Wildman–Crippen MR) is 92.2 cm³/mol. The molecule has 0 aromatic carbocycles. The molecule has 9 heteroatoms. The molecule has 0 bridgehead atoms. The third-order valence-electron chi connectivity index (χ3n) is 4.51. The molecule has 2 amide bonds. The highest BCUT2D eigenvalue weighted by atomic mass is 32.2. The van der Waals surface area contributed by atoms with Gasteiger partial charge in [-0.25, -0.2) is 13.4 Å². The van der Waals surface area contributed by atoms with E-state index in [2.05, 4.69) is 22.2 Å². The minimum absolute atomic E-state index is 0.0402. The molecule has 0 saturated carbocycles. The first-order valence-corrected chi connectivity index (χ1v) is 10.2. The van der Waals surface area contributed by atoms with E-state index in [0.717, 1.165) is 18.5 Å². The van der Waals surface area contributed by atoms with E-state index in [1.807, 2.05) is 0 Å². The average Bonchev–Trinajstić information content (AvgIpc) is 3.13. The number of aromatic nitrogens is 2. The van der Waals surface area contributed by atoms with Crippen LogP contribution in [0.5, 0.6) is 0 Å². The molecule has 3 heterocycles. The molecule has 2 N–H and O–H groups in total. The lowest BCUT2D eigenvalue weighted by atomic mass is 10.1. The van der Waals surface area contributed by atoms with E-state index in [4.69, 9.17) is 0 Å². The van der Waals surface area contributed by atoms with E-state index in [-0.39, 0.29) is 28.9 Å². The third-order valence-corrected chi connectivity index (χ3v) is 6.28. The summed E-state index contributed by atoms with van der Waals surface area (Å²) in [5.41, 5.74) is 0.973. The topological polar surface area (TPSA) is 110 Å². The van der Waals surface area contributed by atoms with E-state index in [1.165, 1.54) is 0 Å². The van der Waals surface area contributed by atoms with Crippen LogP contribution in [-0.2, 0) is 22.8 Å². The van der Waals surface area contributed by atoms with Crippen LogP contribution in [0.1, 0.15) is 46.1 Å². The quantitative estimate of drug-likeness (QED) is 0.716. The number of amides is 2. The van der Waals surface area contributed by atoms with Crippen LogP contribution in [0, 0.1) is 0 Å². The number of fused-ring (bicyclic) bond motifs is 1. The highest BCUT2D eigenvalue weighted by molar-refractivity contribution is 7.91. The van der Waals surface area contributed by atoms with Gasteiger partial charge < -0.3 is 15.2 Å². The first-order chi connectivity index (χ1) is 11.9. The van der Waals surface area contributed by atoms with Gasteiger partial charge in [0.2, 0.25) is 0 Å². The fraction of sp³-hybridized carbons (Fsp3) is 0.562. The zero-order valence-electron chi connectivity index (χ0n) is 14.0. The number of hydrogen-bond acceptors (Lipinski definition) is 5. The van der Waals surface area contributed by atoms with E-state index in [9.17, 15) is 18.0 Å². The van der Waals surface area contributed by atoms with Crippen LogP contribution in [-0.4, -0.2) is 53.9 Å². The molecule has 3 rings (SSSR count). The van der Waals surface area contributed by atoms with Crippen molar-refractivity contribution in [2.75, 3.05) is 18.1 Å². The summed E-state index contributed by atoms with van der Waals surface area (Å²) in [5, 5.41) is 5.44. The number of nitrogens with one attached hydrogen (secondary N) is 2. The highest BCUT2D eigenvalue weighted by Gasteiger charge is 2.32. The van der Waals surface area contributed by atoms with Crippen molar-refractivity contribution >= 4 is 21.7 Å². The lowest BCUT2D eigenvalue weighted by molar-refractivity contribution is 0.0935. The van der Waals surface area contributed by atoms with Crippen LogP contribution < -0.4 is 10.6 Å². The highest BCUT2D eigenvalue weighted by Crippen LogP contribution is 2.22. The smallest absolute Gasteiger partial charge is 0.287 e. The second-order valence-corrected chi connectivity index (χ2v) is 8.64. The van der Waals surface area contributed by atoms with Crippen LogP contribution in [0.15, 0.2) is 12.7 Å². The van der Waals surface area contributed by atoms with Gasteiger partial charge in [0.1, 0.15) is 5.69 Å². The largest absolute Gasteiger partial charge is 0.347 e. The Morgan fingerprint density at radius 2 is 2.12 bits per heavy atom. The van der Waals surface area contributed by atoms with Crippen molar-refractivity contribution in [3.8, 4) is 0 Å². The molecule has 1 aromatic rings. The summed E-state index contributed by atoms with van der Waals surface area (Å²) < 4.78 is 24.9. The molecule has 1 fully saturated rings. The molecule has 8 nitrogen and oxygen atoms in total. The van der Waals surface area contributed by atoms with Crippen molar-refractivity contribution < 1.29 is 18.0 Å². The summed E-state index contributed by atoms with van der Waals surface area (Å²) in [6.07, 6.45) is 4.51. The Balaban J connectivity index is 1.83. The molecule has 136 valence electrons. The van der Waals surface area contributed by atoms with Crippen LogP contribution in [0.2, 0.25) is 0 Å². The first kappa shape index (κ1) is 17.7. The van der Waals surface area contributed by atoms with E-state index >= 15 is 0 Å². The summed E-state index contributed by atoms with van der Waals surface area (Å²) in [5.74, 6) is -0.475. The molecular formula is C16H22N4O4S. The van der Waals surface area contributed by atoms with Gasteiger partial charge >= 0.3 is 0 Å². The fourth-order valence-corrected chi connectivity index (χ4v) is 4.98. The normalized spacial score (nSPS) is 21.4. The number of rotatable bonds is 5. The van der Waals surface area contributed by atoms with Gasteiger partial charge in [-0.2, -0.15) is 0 Å². The molecule has 0 radical (unpaired) electrons. The zero-order chi connectivity index (χ0) is 18.0. The SMILES string of the molecule is C=CCNC(=O)c1nc(C(=O)NC2CCS(=O)(=O)C2)c2n1CCCC2. The number of carbonyl (C=O) groups is 2. The Labute approximate surface area is 146 Å². The summed E-state index contributed by atoms with van der Waals surface area (Å²) >= 11 is 0. The van der Waals surface area contributed by atoms with Crippen molar-refractivity contribution in [2.24, 2.45) is 0 Å². The maximum absolute atomic E-state index is 12.6. The lowest BCUT2D eigenvalue weighted by Gasteiger charge is -2.17. The van der Waals surface area contributed by atoms with Gasteiger partial charge in [0.15, 0.2) is 15.7 Å². The van der Waals surface area contributed by atoms with Gasteiger partial charge in [-0.1, -0.05) is 6.08 Å². The average molecular weight is 366 g/mol. The molecule has 0 aliphatic carbocycles. The number of hydrogen-bond donors (Lipinski definition) is 2. The van der Waals surface area contributed by atoms with Gasteiger partial charge in [0.05, 0.1) is 17.2 Å². The zero-order valence-corrected chi connectivity index (χ0v) is 14.8. The van der Waals surface area contributed by atoms with Crippen molar-refractivity contribution in [1.82, 2.24) is 20.2 Å². The number of nitrogens with zero attached hydrogens (tertiary/aromatic N) is 2. The fourth-order valence-electron chi connectivity index (χ4n) is 3.30. The molecular weight excluding hydrogens is 344 g/mol. The molecule has 2 aliphatic heterocycles. The van der Waals surface area contributed by atoms with Gasteiger partial charge in [-0.3, -0.25) is 9.59 Å². The first-order valence-electron chi connectivity index (χ1n) is 8.41. The molecule has 25 heavy (non-hydrogen) atoms. The van der Waals surface area contributed by atoms with E-state index in [1.54, 1.807) is 10.6 Å². The molecule has 1 aromatic heterocycles. The van der Waals surface area contributed by atoms with E-state index in [0.29, 0.717) is 25.9 Å². The summed E-state index contributed by atoms with van der Waals surface area (Å²) in [6, 6.07) is -0.392. The van der Waals surface area contributed by atoms with Crippen LogP contribution in [0.3, 0.4) is 0 Å². The molecule has 2 aliphatic rings. The number of imidazole rings is 1. The van der Waals surface area contributed by atoms with Crippen molar-refractivity contribution in [1.29, 1.82) is 0 Å². The second-order valence-electron chi connectivity index (χ2n) is 6.41. The minimum atomic E-state index is -3.07. The maximum Gasteiger partial charge on any atom is 0.287 e. The van der Waals surface area contributed by atoms with Crippen molar-refractivity contribution in [2.45, 2.75) is 38.3 Å². The van der Waals surface area contributed by atoms with Gasteiger partial charge in [-0.15, -0.1) is 6.58 Å². The van der Waals surface area contributed by atoms with Crippen LogP contribution >= 0.6 is 0 Å². The Kier molecular flexibility index (Phi) is 4.94. The summed E-state index contributed by atoms with van der Waals surface area (Å²) in [6.45, 7) is 4.53. The Morgan fingerprint density at radius 1 is 1.32 bits per heavy atom. The van der Waals surface area contributed by atoms with Crippen molar-refractivity contribution in [3.05, 3.63) is 29.9 Å². The number of sulfone groups is 1. The summed E-state index contributed by atoms with van der Waals surface area (Å²) in [7, 11) is -3.07.